The zero-order valence-corrected chi connectivity index (χ0v) is 7.87. The van der Waals surface area contributed by atoms with Crippen molar-refractivity contribution in [1.82, 2.24) is 4.90 Å². The summed E-state index contributed by atoms with van der Waals surface area (Å²) in [5.74, 6) is 0. The molecule has 0 aromatic carbocycles. The minimum absolute atomic E-state index is 0.472. The highest BCUT2D eigenvalue weighted by atomic mass is 19.4. The third-order valence-corrected chi connectivity index (χ3v) is 2.30. The summed E-state index contributed by atoms with van der Waals surface area (Å²) in [4.78, 5) is 1.10. The summed E-state index contributed by atoms with van der Waals surface area (Å²) in [5.41, 5.74) is -0.748. The highest BCUT2D eigenvalue weighted by Gasteiger charge is 2.44. The lowest BCUT2D eigenvalue weighted by atomic mass is 9.92. The van der Waals surface area contributed by atoms with Gasteiger partial charge in [-0.2, -0.15) is 13.2 Å². The summed E-state index contributed by atoms with van der Waals surface area (Å²) >= 11 is 0. The van der Waals surface area contributed by atoms with Crippen molar-refractivity contribution in [1.29, 1.82) is 0 Å². The Labute approximate surface area is 75.5 Å². The molecule has 4 heteroatoms. The van der Waals surface area contributed by atoms with Gasteiger partial charge >= 0.3 is 6.18 Å². The maximum atomic E-state index is 12.4. The van der Waals surface area contributed by atoms with E-state index < -0.39 is 17.3 Å². The molecule has 74 valence electrons. The molecule has 1 rings (SSSR count). The van der Waals surface area contributed by atoms with Crippen molar-refractivity contribution < 1.29 is 13.2 Å². The maximum Gasteiger partial charge on any atom is 0.431 e. The minimum atomic E-state index is -4.29. The normalized spacial score (nSPS) is 22.2. The maximum absolute atomic E-state index is 12.4. The molecule has 0 bridgehead atoms. The highest BCUT2D eigenvalue weighted by molar-refractivity contribution is 5.32. The van der Waals surface area contributed by atoms with Crippen molar-refractivity contribution in [3.8, 4) is 0 Å². The van der Waals surface area contributed by atoms with Gasteiger partial charge in [-0.05, 0) is 6.08 Å². The van der Waals surface area contributed by atoms with Crippen LogP contribution in [-0.2, 0) is 0 Å². The fourth-order valence-electron chi connectivity index (χ4n) is 1.37. The van der Waals surface area contributed by atoms with Crippen LogP contribution in [0.15, 0.2) is 24.0 Å². The van der Waals surface area contributed by atoms with Crippen LogP contribution in [0.25, 0.3) is 0 Å². The summed E-state index contributed by atoms with van der Waals surface area (Å²) in [6, 6.07) is 0. The molecule has 1 nitrogen and oxygen atoms in total. The minimum Gasteiger partial charge on any atom is -0.344 e. The van der Waals surface area contributed by atoms with E-state index in [9.17, 15) is 13.2 Å². The molecule has 0 unspecified atom stereocenters. The molecule has 0 saturated heterocycles. The summed E-state index contributed by atoms with van der Waals surface area (Å²) in [7, 11) is 1.39. The van der Waals surface area contributed by atoms with E-state index in [1.165, 1.54) is 13.1 Å². The molecule has 1 aliphatic rings. The van der Waals surface area contributed by atoms with E-state index in [0.29, 0.717) is 5.70 Å². The van der Waals surface area contributed by atoms with Crippen LogP contribution in [0.4, 0.5) is 13.2 Å². The van der Waals surface area contributed by atoms with E-state index in [4.69, 9.17) is 0 Å². The van der Waals surface area contributed by atoms with Gasteiger partial charge in [0.05, 0.1) is 0 Å². The molecule has 13 heavy (non-hydrogen) atoms. The molecule has 0 spiro atoms. The van der Waals surface area contributed by atoms with Gasteiger partial charge < -0.3 is 4.90 Å². The first kappa shape index (κ1) is 10.2. The Bertz CT molecular complexity index is 273. The summed E-state index contributed by atoms with van der Waals surface area (Å²) < 4.78 is 37.1. The van der Waals surface area contributed by atoms with Crippen LogP contribution in [0.3, 0.4) is 0 Å². The number of halogens is 3. The van der Waals surface area contributed by atoms with Crippen LogP contribution >= 0.6 is 0 Å². The Hall–Kier alpha value is -0.930. The van der Waals surface area contributed by atoms with E-state index in [0.717, 1.165) is 4.90 Å². The van der Waals surface area contributed by atoms with Gasteiger partial charge in [0.2, 0.25) is 0 Å². The number of nitrogens with zero attached hydrogens (tertiary/aromatic N) is 1. The first-order chi connectivity index (χ1) is 5.66. The molecule has 0 fully saturated rings. The fourth-order valence-corrected chi connectivity index (χ4v) is 1.37. The van der Waals surface area contributed by atoms with E-state index >= 15 is 0 Å². The predicted octanol–water partition coefficient (Wildman–Crippen LogP) is 2.92. The van der Waals surface area contributed by atoms with E-state index in [2.05, 4.69) is 6.58 Å². The van der Waals surface area contributed by atoms with Gasteiger partial charge in [0.1, 0.15) is 5.70 Å². The second-order valence-electron chi connectivity index (χ2n) is 3.75. The number of allylic oxidation sites excluding steroid dienone is 2. The molecule has 0 amide bonds. The van der Waals surface area contributed by atoms with Gasteiger partial charge in [0, 0.05) is 18.2 Å². The zero-order chi connectivity index (χ0) is 10.4. The van der Waals surface area contributed by atoms with Crippen molar-refractivity contribution in [2.24, 2.45) is 5.41 Å². The lowest BCUT2D eigenvalue weighted by Crippen LogP contribution is -2.25. The molecule has 0 radical (unpaired) electrons. The quantitative estimate of drug-likeness (QED) is 0.569. The lowest BCUT2D eigenvalue weighted by Gasteiger charge is -2.24. The molecule has 0 aromatic heterocycles. The smallest absolute Gasteiger partial charge is 0.344 e. The van der Waals surface area contributed by atoms with E-state index in [1.54, 1.807) is 13.8 Å². The third-order valence-electron chi connectivity index (χ3n) is 2.30. The molecule has 0 aliphatic carbocycles. The molecular formula is C9H12F3N. The molecule has 0 N–H and O–H groups in total. The van der Waals surface area contributed by atoms with Crippen LogP contribution in [-0.4, -0.2) is 18.1 Å². The second-order valence-corrected chi connectivity index (χ2v) is 3.75. The second kappa shape index (κ2) is 2.53. The van der Waals surface area contributed by atoms with E-state index in [-0.39, 0.29) is 0 Å². The van der Waals surface area contributed by atoms with Crippen molar-refractivity contribution in [2.75, 3.05) is 7.05 Å². The fraction of sp³-hybridized carbons (Fsp3) is 0.556. The van der Waals surface area contributed by atoms with Crippen molar-refractivity contribution in [3.63, 3.8) is 0 Å². The Morgan fingerprint density at radius 1 is 1.38 bits per heavy atom. The van der Waals surface area contributed by atoms with Crippen LogP contribution in [0.5, 0.6) is 0 Å². The Morgan fingerprint density at radius 3 is 2.00 bits per heavy atom. The van der Waals surface area contributed by atoms with Crippen LogP contribution < -0.4 is 0 Å². The Kier molecular flexibility index (Phi) is 1.97. The lowest BCUT2D eigenvalue weighted by molar-refractivity contribution is -0.105. The first-order valence-electron chi connectivity index (χ1n) is 3.89. The van der Waals surface area contributed by atoms with Crippen LogP contribution in [0, 0.1) is 5.41 Å². The van der Waals surface area contributed by atoms with Crippen molar-refractivity contribution in [2.45, 2.75) is 20.0 Å². The molecule has 0 aromatic rings. The summed E-state index contributed by atoms with van der Waals surface area (Å²) in [6.07, 6.45) is -3.08. The average Bonchev–Trinajstić information content (AvgIpc) is 2.12. The largest absolute Gasteiger partial charge is 0.431 e. The standard InChI is InChI=1S/C9H12F3N/c1-6-8(2,3)5-7(13(6)4)9(10,11)12/h5H,1H2,2-4H3. The number of alkyl halides is 3. The first-order valence-corrected chi connectivity index (χ1v) is 3.89. The zero-order valence-electron chi connectivity index (χ0n) is 7.87. The SMILES string of the molecule is C=C1N(C)C(C(F)(F)F)=CC1(C)C. The number of hydrogen-bond acceptors (Lipinski definition) is 1. The van der Waals surface area contributed by atoms with Gasteiger partial charge in [0.15, 0.2) is 0 Å². The third kappa shape index (κ3) is 1.57. The van der Waals surface area contributed by atoms with Crippen LogP contribution in [0.2, 0.25) is 0 Å². The molecule has 1 aliphatic heterocycles. The topological polar surface area (TPSA) is 3.24 Å². The number of hydrogen-bond donors (Lipinski definition) is 0. The van der Waals surface area contributed by atoms with Crippen molar-refractivity contribution in [3.05, 3.63) is 24.0 Å². The number of rotatable bonds is 0. The molecule has 0 atom stereocenters. The van der Waals surface area contributed by atoms with E-state index in [1.807, 2.05) is 0 Å². The van der Waals surface area contributed by atoms with Gasteiger partial charge in [-0.25, -0.2) is 0 Å². The monoisotopic (exact) mass is 191 g/mol. The summed E-state index contributed by atoms with van der Waals surface area (Å²) in [6.45, 7) is 7.05. The highest BCUT2D eigenvalue weighted by Crippen LogP contribution is 2.44. The molecular weight excluding hydrogens is 179 g/mol. The van der Waals surface area contributed by atoms with Gasteiger partial charge in [-0.15, -0.1) is 0 Å². The van der Waals surface area contributed by atoms with Gasteiger partial charge in [0.25, 0.3) is 0 Å². The van der Waals surface area contributed by atoms with Crippen molar-refractivity contribution >= 4 is 0 Å². The molecule has 0 saturated carbocycles. The Balaban J connectivity index is 3.10. The van der Waals surface area contributed by atoms with Gasteiger partial charge in [-0.1, -0.05) is 20.4 Å². The Morgan fingerprint density at radius 2 is 1.85 bits per heavy atom. The summed E-state index contributed by atoms with van der Waals surface area (Å²) in [5, 5.41) is 0. The predicted molar refractivity (Wildman–Crippen MR) is 44.8 cm³/mol. The van der Waals surface area contributed by atoms with Crippen LogP contribution in [0.1, 0.15) is 13.8 Å². The molecule has 1 heterocycles. The van der Waals surface area contributed by atoms with Gasteiger partial charge in [-0.3, -0.25) is 0 Å². The average molecular weight is 191 g/mol.